The third-order valence-electron chi connectivity index (χ3n) is 5.20. The maximum atomic E-state index is 13.6. The summed E-state index contributed by atoms with van der Waals surface area (Å²) in [6.45, 7) is 2.21. The van der Waals surface area contributed by atoms with Crippen molar-refractivity contribution in [3.05, 3.63) is 59.0 Å². The van der Waals surface area contributed by atoms with Gasteiger partial charge in [0, 0.05) is 37.8 Å². The Bertz CT molecular complexity index is 1110. The summed E-state index contributed by atoms with van der Waals surface area (Å²) in [4.78, 5) is 16.5. The standard InChI is InChI=1S/C21H17ClFN3O4/c22-15-3-2-14(23)10-17(15)25-5-7-26(8-6-25)21(27)16-11-19(30-24-16)13-1-4-18-20(9-13)29-12-28-18/h1-4,9-11H,5-8,12H2. The molecule has 154 valence electrons. The minimum Gasteiger partial charge on any atom is -0.454 e. The van der Waals surface area contributed by atoms with Gasteiger partial charge in [-0.2, -0.15) is 0 Å². The van der Waals surface area contributed by atoms with Gasteiger partial charge in [0.1, 0.15) is 5.82 Å². The number of carbonyl (C=O) groups excluding carboxylic acids is 1. The summed E-state index contributed by atoms with van der Waals surface area (Å²) >= 11 is 6.19. The van der Waals surface area contributed by atoms with Gasteiger partial charge in [-0.25, -0.2) is 4.39 Å². The third kappa shape index (κ3) is 3.43. The van der Waals surface area contributed by atoms with Gasteiger partial charge < -0.3 is 23.8 Å². The number of anilines is 1. The maximum absolute atomic E-state index is 13.6. The minimum absolute atomic E-state index is 0.186. The van der Waals surface area contributed by atoms with Gasteiger partial charge in [-0.15, -0.1) is 0 Å². The zero-order chi connectivity index (χ0) is 20.7. The van der Waals surface area contributed by atoms with Crippen molar-refractivity contribution in [1.29, 1.82) is 0 Å². The van der Waals surface area contributed by atoms with Crippen LogP contribution in [0.5, 0.6) is 11.5 Å². The molecule has 0 bridgehead atoms. The molecular formula is C21H17ClFN3O4. The van der Waals surface area contributed by atoms with Crippen molar-refractivity contribution in [3.63, 3.8) is 0 Å². The molecule has 0 saturated carbocycles. The van der Waals surface area contributed by atoms with Crippen LogP contribution >= 0.6 is 11.6 Å². The lowest BCUT2D eigenvalue weighted by Crippen LogP contribution is -2.49. The first-order valence-electron chi connectivity index (χ1n) is 9.44. The number of halogens is 2. The molecule has 1 aromatic heterocycles. The molecule has 3 heterocycles. The number of fused-ring (bicyclic) bond motifs is 1. The highest BCUT2D eigenvalue weighted by atomic mass is 35.5. The van der Waals surface area contributed by atoms with E-state index in [1.165, 1.54) is 18.2 Å². The SMILES string of the molecule is O=C(c1cc(-c2ccc3c(c2)OCO3)on1)N1CCN(c2cc(F)ccc2Cl)CC1. The molecule has 0 aliphatic carbocycles. The third-order valence-corrected chi connectivity index (χ3v) is 5.52. The Balaban J connectivity index is 1.27. The highest BCUT2D eigenvalue weighted by Gasteiger charge is 2.26. The van der Waals surface area contributed by atoms with Crippen LogP contribution in [-0.2, 0) is 0 Å². The van der Waals surface area contributed by atoms with E-state index in [-0.39, 0.29) is 24.2 Å². The molecule has 0 N–H and O–H groups in total. The fraction of sp³-hybridized carbons (Fsp3) is 0.238. The van der Waals surface area contributed by atoms with E-state index in [4.69, 9.17) is 25.6 Å². The zero-order valence-electron chi connectivity index (χ0n) is 15.8. The second kappa shape index (κ2) is 7.53. The van der Waals surface area contributed by atoms with Gasteiger partial charge in [0.2, 0.25) is 6.79 Å². The minimum atomic E-state index is -0.341. The van der Waals surface area contributed by atoms with E-state index in [1.807, 2.05) is 11.0 Å². The lowest BCUT2D eigenvalue weighted by atomic mass is 10.1. The highest BCUT2D eigenvalue weighted by Crippen LogP contribution is 2.36. The van der Waals surface area contributed by atoms with Crippen LogP contribution in [0.4, 0.5) is 10.1 Å². The molecule has 5 rings (SSSR count). The van der Waals surface area contributed by atoms with Crippen molar-refractivity contribution in [3.8, 4) is 22.8 Å². The summed E-state index contributed by atoms with van der Waals surface area (Å²) in [5.41, 5.74) is 1.62. The number of hydrogen-bond donors (Lipinski definition) is 0. The Morgan fingerprint density at radius 3 is 2.63 bits per heavy atom. The molecule has 1 fully saturated rings. The maximum Gasteiger partial charge on any atom is 0.276 e. The molecule has 2 aliphatic heterocycles. The van der Waals surface area contributed by atoms with Crippen LogP contribution in [0.15, 0.2) is 47.0 Å². The smallest absolute Gasteiger partial charge is 0.276 e. The average Bonchev–Trinajstić information content (AvgIpc) is 3.44. The Kier molecular flexibility index (Phi) is 4.71. The first-order valence-corrected chi connectivity index (χ1v) is 9.82. The van der Waals surface area contributed by atoms with Gasteiger partial charge >= 0.3 is 0 Å². The molecule has 1 amide bonds. The molecule has 0 radical (unpaired) electrons. The van der Waals surface area contributed by atoms with Gasteiger partial charge in [-0.3, -0.25) is 4.79 Å². The number of nitrogens with zero attached hydrogens (tertiary/aromatic N) is 3. The zero-order valence-corrected chi connectivity index (χ0v) is 16.6. The number of benzene rings is 2. The van der Waals surface area contributed by atoms with Crippen molar-refractivity contribution >= 4 is 23.2 Å². The normalized spacial score (nSPS) is 15.5. The molecule has 7 nitrogen and oxygen atoms in total. The number of piperazine rings is 1. The van der Waals surface area contributed by atoms with Crippen LogP contribution in [0.1, 0.15) is 10.5 Å². The van der Waals surface area contributed by atoms with E-state index in [0.29, 0.717) is 54.1 Å². The Hall–Kier alpha value is -3.26. The lowest BCUT2D eigenvalue weighted by molar-refractivity contribution is 0.0736. The second-order valence-electron chi connectivity index (χ2n) is 7.02. The second-order valence-corrected chi connectivity index (χ2v) is 7.43. The van der Waals surface area contributed by atoms with Crippen molar-refractivity contribution in [2.75, 3.05) is 37.9 Å². The molecule has 0 spiro atoms. The number of aromatic nitrogens is 1. The van der Waals surface area contributed by atoms with E-state index < -0.39 is 0 Å². The summed E-state index contributed by atoms with van der Waals surface area (Å²) in [7, 11) is 0. The molecule has 0 atom stereocenters. The summed E-state index contributed by atoms with van der Waals surface area (Å²) in [6, 6.07) is 11.3. The summed E-state index contributed by atoms with van der Waals surface area (Å²) in [6.07, 6.45) is 0. The van der Waals surface area contributed by atoms with Crippen molar-refractivity contribution in [1.82, 2.24) is 10.1 Å². The number of rotatable bonds is 3. The quantitative estimate of drug-likeness (QED) is 0.630. The summed E-state index contributed by atoms with van der Waals surface area (Å²) in [5, 5.41) is 4.43. The van der Waals surface area contributed by atoms with Crippen molar-refractivity contribution < 1.29 is 23.2 Å². The van der Waals surface area contributed by atoms with Crippen LogP contribution in [0.3, 0.4) is 0 Å². The van der Waals surface area contributed by atoms with E-state index in [2.05, 4.69) is 5.16 Å². The molecule has 9 heteroatoms. The fourth-order valence-electron chi connectivity index (χ4n) is 3.60. The topological polar surface area (TPSA) is 68.0 Å². The van der Waals surface area contributed by atoms with Gasteiger partial charge in [-0.05, 0) is 36.4 Å². The predicted molar refractivity (Wildman–Crippen MR) is 108 cm³/mol. The predicted octanol–water partition coefficient (Wildman–Crippen LogP) is 3.83. The Labute approximate surface area is 176 Å². The number of hydrogen-bond acceptors (Lipinski definition) is 6. The van der Waals surface area contributed by atoms with Crippen LogP contribution < -0.4 is 14.4 Å². The van der Waals surface area contributed by atoms with Gasteiger partial charge in [0.25, 0.3) is 5.91 Å². The lowest BCUT2D eigenvalue weighted by Gasteiger charge is -2.36. The van der Waals surface area contributed by atoms with E-state index in [1.54, 1.807) is 23.1 Å². The Morgan fingerprint density at radius 2 is 1.80 bits per heavy atom. The molecule has 3 aromatic rings. The summed E-state index contributed by atoms with van der Waals surface area (Å²) in [5.74, 6) is 1.22. The summed E-state index contributed by atoms with van der Waals surface area (Å²) < 4.78 is 29.6. The van der Waals surface area contributed by atoms with E-state index >= 15 is 0 Å². The van der Waals surface area contributed by atoms with Gasteiger partial charge in [-0.1, -0.05) is 16.8 Å². The van der Waals surface area contributed by atoms with Crippen LogP contribution in [0, 0.1) is 5.82 Å². The largest absolute Gasteiger partial charge is 0.454 e. The van der Waals surface area contributed by atoms with E-state index in [9.17, 15) is 9.18 Å². The highest BCUT2D eigenvalue weighted by molar-refractivity contribution is 6.33. The first kappa shape index (κ1) is 18.7. The number of ether oxygens (including phenoxy) is 2. The molecule has 2 aliphatic rings. The monoisotopic (exact) mass is 429 g/mol. The first-order chi connectivity index (χ1) is 14.6. The van der Waals surface area contributed by atoms with Crippen molar-refractivity contribution in [2.24, 2.45) is 0 Å². The number of amides is 1. The van der Waals surface area contributed by atoms with Crippen LogP contribution in [0.2, 0.25) is 5.02 Å². The molecule has 0 unspecified atom stereocenters. The van der Waals surface area contributed by atoms with Gasteiger partial charge in [0.05, 0.1) is 10.7 Å². The number of carbonyl (C=O) groups is 1. The van der Waals surface area contributed by atoms with Crippen LogP contribution in [-0.4, -0.2) is 48.9 Å². The van der Waals surface area contributed by atoms with Crippen LogP contribution in [0.25, 0.3) is 11.3 Å². The van der Waals surface area contributed by atoms with Gasteiger partial charge in [0.15, 0.2) is 23.0 Å². The molecular weight excluding hydrogens is 413 g/mol. The average molecular weight is 430 g/mol. The molecule has 30 heavy (non-hydrogen) atoms. The fourth-order valence-corrected chi connectivity index (χ4v) is 3.84. The molecule has 2 aromatic carbocycles. The molecule has 1 saturated heterocycles. The van der Waals surface area contributed by atoms with Crippen molar-refractivity contribution in [2.45, 2.75) is 0 Å². The van der Waals surface area contributed by atoms with E-state index in [0.717, 1.165) is 5.56 Å². The Morgan fingerprint density at radius 1 is 1.00 bits per heavy atom.